The van der Waals surface area contributed by atoms with Gasteiger partial charge in [0.1, 0.15) is 18.7 Å². The predicted octanol–water partition coefficient (Wildman–Crippen LogP) is 3.32. The summed E-state index contributed by atoms with van der Waals surface area (Å²) in [6, 6.07) is 3.96. The first-order valence-corrected chi connectivity index (χ1v) is 15.1. The first-order valence-electron chi connectivity index (χ1n) is 15.1. The smallest absolute Gasteiger partial charge is 0.312 e. The average molecular weight is 634 g/mol. The number of carboxylic acids is 1. The van der Waals surface area contributed by atoms with Crippen molar-refractivity contribution in [1.82, 2.24) is 16.0 Å². The molecule has 0 aliphatic heterocycles. The number of carboxylic acid groups (broad SMARTS) is 1. The largest absolute Gasteiger partial charge is 0.481 e. The lowest BCUT2D eigenvalue weighted by atomic mass is 9.77. The summed E-state index contributed by atoms with van der Waals surface area (Å²) < 4.78 is 5.32. The molecule has 0 radical (unpaired) electrons. The maximum atomic E-state index is 13.5. The Labute approximate surface area is 265 Å². The van der Waals surface area contributed by atoms with E-state index in [1.165, 1.54) is 0 Å². The highest BCUT2D eigenvalue weighted by Gasteiger charge is 2.35. The van der Waals surface area contributed by atoms with Gasteiger partial charge in [-0.1, -0.05) is 46.8 Å². The van der Waals surface area contributed by atoms with Crippen molar-refractivity contribution in [3.8, 4) is 0 Å². The van der Waals surface area contributed by atoms with E-state index in [1.807, 2.05) is 20.8 Å². The molecule has 1 aromatic rings. The third-order valence-electron chi connectivity index (χ3n) is 7.06. The van der Waals surface area contributed by atoms with Gasteiger partial charge in [-0.25, -0.2) is 4.79 Å². The molecule has 5 amide bonds. The number of carbonyl (C=O) groups is 6. The van der Waals surface area contributed by atoms with Crippen LogP contribution in [0.4, 0.5) is 10.5 Å². The summed E-state index contributed by atoms with van der Waals surface area (Å²) >= 11 is 0. The molecule has 1 aromatic carbocycles. The van der Waals surface area contributed by atoms with Crippen LogP contribution in [0.2, 0.25) is 0 Å². The third kappa shape index (κ3) is 14.4. The molecular formula is C32H51N5O8. The number of ether oxygens (including phenoxy) is 1. The first-order chi connectivity index (χ1) is 20.7. The minimum atomic E-state index is -1.02. The Morgan fingerprint density at radius 1 is 0.867 bits per heavy atom. The van der Waals surface area contributed by atoms with E-state index in [2.05, 4.69) is 21.3 Å². The molecule has 0 aliphatic rings. The fraction of sp³-hybridized carbons (Fsp3) is 0.625. The molecule has 0 heterocycles. The van der Waals surface area contributed by atoms with Gasteiger partial charge in [0.15, 0.2) is 0 Å². The highest BCUT2D eigenvalue weighted by Crippen LogP contribution is 2.30. The van der Waals surface area contributed by atoms with Crippen LogP contribution in [0.5, 0.6) is 0 Å². The molecule has 0 saturated heterocycles. The predicted molar refractivity (Wildman–Crippen MR) is 170 cm³/mol. The van der Waals surface area contributed by atoms with Gasteiger partial charge in [-0.3, -0.25) is 24.0 Å². The highest BCUT2D eigenvalue weighted by atomic mass is 16.5. The number of amides is 5. The quantitative estimate of drug-likeness (QED) is 0.117. The Balaban J connectivity index is 3.06. The van der Waals surface area contributed by atoms with Gasteiger partial charge >= 0.3 is 18.0 Å². The summed E-state index contributed by atoms with van der Waals surface area (Å²) in [5, 5.41) is 19.9. The van der Waals surface area contributed by atoms with Crippen LogP contribution in [0.25, 0.3) is 0 Å². The molecule has 0 fully saturated rings. The summed E-state index contributed by atoms with van der Waals surface area (Å²) in [5.41, 5.74) is 5.11. The number of primary amides is 1. The number of urea groups is 1. The van der Waals surface area contributed by atoms with E-state index in [-0.39, 0.29) is 44.3 Å². The maximum absolute atomic E-state index is 13.5. The summed E-state index contributed by atoms with van der Waals surface area (Å²) in [7, 11) is 0. The number of anilines is 1. The number of rotatable bonds is 16. The maximum Gasteiger partial charge on any atom is 0.312 e. The van der Waals surface area contributed by atoms with Crippen molar-refractivity contribution >= 4 is 41.4 Å². The highest BCUT2D eigenvalue weighted by molar-refractivity contribution is 5.98. The van der Waals surface area contributed by atoms with Crippen molar-refractivity contribution in [3.05, 3.63) is 29.8 Å². The minimum absolute atomic E-state index is 0.0740. The summed E-state index contributed by atoms with van der Waals surface area (Å²) in [6.45, 7) is 14.5. The van der Waals surface area contributed by atoms with E-state index in [0.717, 1.165) is 5.56 Å². The Kier molecular flexibility index (Phi) is 15.0. The van der Waals surface area contributed by atoms with E-state index >= 15 is 0 Å². The summed E-state index contributed by atoms with van der Waals surface area (Å²) in [6.07, 6.45) is 0.380. The van der Waals surface area contributed by atoms with Gasteiger partial charge in [-0.05, 0) is 69.1 Å². The lowest BCUT2D eigenvalue weighted by Gasteiger charge is -2.32. The molecule has 13 nitrogen and oxygen atoms in total. The first kappa shape index (κ1) is 38.9. The van der Waals surface area contributed by atoms with Crippen molar-refractivity contribution in [3.63, 3.8) is 0 Å². The SMILES string of the molecule is CC(C)[C@H](NC(=O)C(CCC(=O)O)C(C)(C)C)C(=O)N[C@@H](CCCNC(N)=O)C(=O)Nc1ccc(COC(=O)C(C)(C)C)cc1. The topological polar surface area (TPSA) is 206 Å². The van der Waals surface area contributed by atoms with Crippen LogP contribution in [0, 0.1) is 22.7 Å². The molecule has 1 unspecified atom stereocenters. The number of benzene rings is 1. The van der Waals surface area contributed by atoms with Crippen molar-refractivity contribution in [1.29, 1.82) is 0 Å². The van der Waals surface area contributed by atoms with Crippen LogP contribution in [-0.2, 0) is 35.3 Å². The molecule has 45 heavy (non-hydrogen) atoms. The second kappa shape index (κ2) is 17.4. The lowest BCUT2D eigenvalue weighted by Crippen LogP contribution is -2.56. The number of esters is 1. The van der Waals surface area contributed by atoms with E-state index in [9.17, 15) is 28.8 Å². The van der Waals surface area contributed by atoms with Gasteiger partial charge in [-0.2, -0.15) is 0 Å². The van der Waals surface area contributed by atoms with Crippen LogP contribution in [0.3, 0.4) is 0 Å². The van der Waals surface area contributed by atoms with E-state index in [1.54, 1.807) is 58.9 Å². The molecule has 0 bridgehead atoms. The molecule has 3 atom stereocenters. The van der Waals surface area contributed by atoms with Crippen molar-refractivity contribution in [2.24, 2.45) is 28.4 Å². The van der Waals surface area contributed by atoms with E-state index < -0.39 is 58.6 Å². The molecule has 252 valence electrons. The van der Waals surface area contributed by atoms with E-state index in [0.29, 0.717) is 12.1 Å². The normalized spacial score (nSPS) is 13.6. The van der Waals surface area contributed by atoms with Gasteiger partial charge in [-0.15, -0.1) is 0 Å². The molecule has 13 heteroatoms. The van der Waals surface area contributed by atoms with Crippen molar-refractivity contribution in [2.45, 2.75) is 99.8 Å². The van der Waals surface area contributed by atoms with E-state index in [4.69, 9.17) is 15.6 Å². The fourth-order valence-corrected chi connectivity index (χ4v) is 4.34. The molecule has 0 spiro atoms. The molecular weight excluding hydrogens is 582 g/mol. The van der Waals surface area contributed by atoms with Gasteiger partial charge in [0.2, 0.25) is 17.7 Å². The van der Waals surface area contributed by atoms with Crippen LogP contribution < -0.4 is 27.0 Å². The van der Waals surface area contributed by atoms with Gasteiger partial charge in [0, 0.05) is 24.6 Å². The van der Waals surface area contributed by atoms with Crippen LogP contribution in [-0.4, -0.2) is 59.4 Å². The number of hydrogen-bond donors (Lipinski definition) is 6. The molecule has 0 saturated carbocycles. The monoisotopic (exact) mass is 633 g/mol. The second-order valence-corrected chi connectivity index (χ2v) is 13.6. The number of carbonyl (C=O) groups excluding carboxylic acids is 5. The van der Waals surface area contributed by atoms with Crippen LogP contribution in [0.15, 0.2) is 24.3 Å². The van der Waals surface area contributed by atoms with Crippen molar-refractivity contribution in [2.75, 3.05) is 11.9 Å². The van der Waals surface area contributed by atoms with Gasteiger partial charge < -0.3 is 36.8 Å². The molecule has 1 rings (SSSR count). The molecule has 0 aromatic heterocycles. The van der Waals surface area contributed by atoms with Gasteiger partial charge in [0.05, 0.1) is 5.41 Å². The second-order valence-electron chi connectivity index (χ2n) is 13.6. The Morgan fingerprint density at radius 2 is 1.47 bits per heavy atom. The lowest BCUT2D eigenvalue weighted by molar-refractivity contribution is -0.154. The van der Waals surface area contributed by atoms with Crippen LogP contribution >= 0.6 is 0 Å². The average Bonchev–Trinajstić information content (AvgIpc) is 2.90. The Morgan fingerprint density at radius 3 is 1.96 bits per heavy atom. The van der Waals surface area contributed by atoms with Crippen molar-refractivity contribution < 1.29 is 38.6 Å². The third-order valence-corrected chi connectivity index (χ3v) is 7.06. The zero-order valence-corrected chi connectivity index (χ0v) is 27.7. The summed E-state index contributed by atoms with van der Waals surface area (Å²) in [4.78, 5) is 74.4. The standard InChI is InChI=1S/C32H51N5O8/c1-19(2)25(37-26(40)22(31(3,4)5)15-16-24(38)39)28(42)36-23(10-9-17-34-30(33)44)27(41)35-21-13-11-20(12-14-21)18-45-29(43)32(6,7)8/h11-14,19,22-23,25H,9-10,15-18H2,1-8H3,(H,35,41)(H,36,42)(H,37,40)(H,38,39)(H3,33,34,44)/t22?,23-,25-/m0/s1. The Bertz CT molecular complexity index is 1190. The number of aliphatic carboxylic acids is 1. The Hall–Kier alpha value is -4.16. The number of nitrogens with two attached hydrogens (primary N) is 1. The fourth-order valence-electron chi connectivity index (χ4n) is 4.34. The van der Waals surface area contributed by atoms with Crippen LogP contribution in [0.1, 0.15) is 86.6 Å². The molecule has 0 aliphatic carbocycles. The number of hydrogen-bond acceptors (Lipinski definition) is 7. The minimum Gasteiger partial charge on any atom is -0.481 e. The zero-order chi connectivity index (χ0) is 34.5. The zero-order valence-electron chi connectivity index (χ0n) is 27.7. The molecule has 7 N–H and O–H groups in total. The number of nitrogens with one attached hydrogen (secondary N) is 4. The van der Waals surface area contributed by atoms with Gasteiger partial charge in [0.25, 0.3) is 0 Å². The summed E-state index contributed by atoms with van der Waals surface area (Å²) in [5.74, 6) is -3.92.